The van der Waals surface area contributed by atoms with Crippen LogP contribution in [0.15, 0.2) is 97.1 Å². The molecule has 0 aliphatic heterocycles. The van der Waals surface area contributed by atoms with Gasteiger partial charge in [0.05, 0.1) is 0 Å². The van der Waals surface area contributed by atoms with Crippen LogP contribution in [-0.4, -0.2) is 0 Å². The Kier molecular flexibility index (Phi) is 12.9. The zero-order valence-electron chi connectivity index (χ0n) is 34.4. The summed E-state index contributed by atoms with van der Waals surface area (Å²) in [6.07, 6.45) is 11.2. The van der Waals surface area contributed by atoms with Crippen molar-refractivity contribution in [2.45, 2.75) is 113 Å². The molecule has 0 aliphatic rings. The lowest BCUT2D eigenvalue weighted by Gasteiger charge is -2.17. The van der Waals surface area contributed by atoms with Gasteiger partial charge in [-0.15, -0.1) is 0 Å². The monoisotopic (exact) mass is 732 g/mol. The fourth-order valence-electron chi connectivity index (χ4n) is 8.25. The Morgan fingerprint density at radius 2 is 0.527 bits per heavy atom. The number of hydrogen-bond acceptors (Lipinski definition) is 0. The van der Waals surface area contributed by atoms with E-state index in [1.807, 2.05) is 39.8 Å². The van der Waals surface area contributed by atoms with E-state index in [-0.39, 0.29) is 11.6 Å². The van der Waals surface area contributed by atoms with Gasteiger partial charge in [0.25, 0.3) is 0 Å². The molecule has 0 aliphatic carbocycles. The van der Waals surface area contributed by atoms with E-state index in [0.717, 1.165) is 46.2 Å². The summed E-state index contributed by atoms with van der Waals surface area (Å²) < 4.78 is 28.2. The third kappa shape index (κ3) is 8.86. The summed E-state index contributed by atoms with van der Waals surface area (Å²) in [5.74, 6) is -0.281. The van der Waals surface area contributed by atoms with Crippen molar-refractivity contribution in [3.05, 3.63) is 164 Å². The van der Waals surface area contributed by atoms with Crippen molar-refractivity contribution in [2.75, 3.05) is 0 Å². The molecule has 0 bridgehead atoms. The van der Waals surface area contributed by atoms with Crippen molar-refractivity contribution in [2.24, 2.45) is 0 Å². The van der Waals surface area contributed by atoms with E-state index < -0.39 is 0 Å². The molecule has 0 saturated heterocycles. The summed E-state index contributed by atoms with van der Waals surface area (Å²) in [7, 11) is 0. The first-order chi connectivity index (χ1) is 26.5. The van der Waals surface area contributed by atoms with Gasteiger partial charge in [0.15, 0.2) is 0 Å². The molecule has 0 amide bonds. The Morgan fingerprint density at radius 1 is 0.273 bits per heavy atom. The van der Waals surface area contributed by atoms with Crippen LogP contribution in [0.5, 0.6) is 0 Å². The van der Waals surface area contributed by atoms with Crippen LogP contribution in [0.4, 0.5) is 8.78 Å². The molecule has 0 aromatic heterocycles. The van der Waals surface area contributed by atoms with Gasteiger partial charge in [-0.25, -0.2) is 8.78 Å². The third-order valence-electron chi connectivity index (χ3n) is 12.6. The molecule has 6 aromatic rings. The molecule has 0 heterocycles. The topological polar surface area (TPSA) is 0 Å². The standard InChI is InChI=1S/C53H58F2/c1-34-36(3)48(50-30-32-52(54)40(7)38(50)5)28-26-46(34)44-22-18-42(19-23-44)16-14-12-10-9-11-13-15-17-43-20-24-45(25-21-43)47-27-29-49(37(4)35(47)2)51-31-33-53(55)41(8)39(51)6/h18-33H,9-17H2,1-8H3. The molecular weight excluding hydrogens is 675 g/mol. The highest BCUT2D eigenvalue weighted by Crippen LogP contribution is 2.37. The van der Waals surface area contributed by atoms with E-state index >= 15 is 0 Å². The predicted octanol–water partition coefficient (Wildman–Crippen LogP) is 15.6. The average Bonchev–Trinajstić information content (AvgIpc) is 3.19. The molecule has 0 radical (unpaired) electrons. The van der Waals surface area contributed by atoms with Crippen molar-refractivity contribution in [1.29, 1.82) is 0 Å². The Hall–Kier alpha value is -4.82. The number of hydrogen-bond donors (Lipinski definition) is 0. The van der Waals surface area contributed by atoms with E-state index in [2.05, 4.69) is 100 Å². The number of benzene rings is 6. The Morgan fingerprint density at radius 3 is 0.873 bits per heavy atom. The van der Waals surface area contributed by atoms with Crippen molar-refractivity contribution in [1.82, 2.24) is 0 Å². The van der Waals surface area contributed by atoms with Crippen LogP contribution >= 0.6 is 0 Å². The molecule has 2 heteroatoms. The highest BCUT2D eigenvalue weighted by molar-refractivity contribution is 5.80. The minimum absolute atomic E-state index is 0.140. The summed E-state index contributed by atoms with van der Waals surface area (Å²) in [5.41, 5.74) is 21.0. The lowest BCUT2D eigenvalue weighted by Crippen LogP contribution is -1.96. The van der Waals surface area contributed by atoms with Crippen LogP contribution in [-0.2, 0) is 12.8 Å². The van der Waals surface area contributed by atoms with Gasteiger partial charge < -0.3 is 0 Å². The van der Waals surface area contributed by atoms with Gasteiger partial charge in [0.1, 0.15) is 11.6 Å². The van der Waals surface area contributed by atoms with Gasteiger partial charge in [-0.05, 0) is 193 Å². The van der Waals surface area contributed by atoms with Crippen LogP contribution < -0.4 is 0 Å². The van der Waals surface area contributed by atoms with Gasteiger partial charge in [-0.3, -0.25) is 0 Å². The molecular formula is C53H58F2. The molecule has 0 atom stereocenters. The van der Waals surface area contributed by atoms with E-state index in [1.54, 1.807) is 12.1 Å². The first kappa shape index (κ1) is 39.9. The molecule has 0 spiro atoms. The maximum atomic E-state index is 14.1. The van der Waals surface area contributed by atoms with Crippen molar-refractivity contribution < 1.29 is 8.78 Å². The Balaban J connectivity index is 0.908. The van der Waals surface area contributed by atoms with E-state index in [9.17, 15) is 8.78 Å². The maximum Gasteiger partial charge on any atom is 0.126 e. The Bertz CT molecular complexity index is 2110. The molecule has 0 N–H and O–H groups in total. The summed E-state index contributed by atoms with van der Waals surface area (Å²) >= 11 is 0. The largest absolute Gasteiger partial charge is 0.207 e. The lowest BCUT2D eigenvalue weighted by molar-refractivity contribution is 0.579. The predicted molar refractivity (Wildman–Crippen MR) is 232 cm³/mol. The number of unbranched alkanes of at least 4 members (excludes halogenated alkanes) is 6. The minimum atomic E-state index is -0.140. The van der Waals surface area contributed by atoms with Crippen molar-refractivity contribution in [3.63, 3.8) is 0 Å². The van der Waals surface area contributed by atoms with Crippen LogP contribution in [0.25, 0.3) is 44.5 Å². The van der Waals surface area contributed by atoms with Gasteiger partial charge in [0, 0.05) is 0 Å². The zero-order chi connectivity index (χ0) is 39.2. The van der Waals surface area contributed by atoms with Gasteiger partial charge in [-0.2, -0.15) is 0 Å². The van der Waals surface area contributed by atoms with Crippen LogP contribution in [0.1, 0.15) is 101 Å². The molecule has 6 aromatic carbocycles. The van der Waals surface area contributed by atoms with E-state index in [1.165, 1.54) is 112 Å². The fraction of sp³-hybridized carbons (Fsp3) is 0.321. The number of halogens is 2. The Labute approximate surface area is 329 Å². The third-order valence-corrected chi connectivity index (χ3v) is 12.6. The van der Waals surface area contributed by atoms with E-state index in [4.69, 9.17) is 0 Å². The zero-order valence-corrected chi connectivity index (χ0v) is 34.4. The van der Waals surface area contributed by atoms with Crippen LogP contribution in [0.2, 0.25) is 0 Å². The maximum absolute atomic E-state index is 14.1. The molecule has 284 valence electrons. The molecule has 0 nitrogen and oxygen atoms in total. The second-order valence-electron chi connectivity index (χ2n) is 15.9. The highest BCUT2D eigenvalue weighted by atomic mass is 19.1. The smallest absolute Gasteiger partial charge is 0.126 e. The summed E-state index contributed by atoms with van der Waals surface area (Å²) in [5, 5.41) is 0. The van der Waals surface area contributed by atoms with Crippen molar-refractivity contribution in [3.8, 4) is 44.5 Å². The quantitative estimate of drug-likeness (QED) is 0.0978. The first-order valence-corrected chi connectivity index (χ1v) is 20.4. The number of rotatable bonds is 14. The van der Waals surface area contributed by atoms with Crippen molar-refractivity contribution >= 4 is 0 Å². The lowest BCUT2D eigenvalue weighted by atomic mass is 9.88. The van der Waals surface area contributed by atoms with Gasteiger partial charge >= 0.3 is 0 Å². The number of aryl methyl sites for hydroxylation is 2. The SMILES string of the molecule is Cc1c(F)ccc(-c2ccc(-c3ccc(CCCCCCCCCc4ccc(-c5ccc(-c6ccc(F)c(C)c6C)c(C)c5C)cc4)cc3)c(C)c2C)c1C. The second-order valence-corrected chi connectivity index (χ2v) is 15.9. The molecule has 0 unspecified atom stereocenters. The van der Waals surface area contributed by atoms with Crippen LogP contribution in [0, 0.1) is 67.0 Å². The molecule has 0 fully saturated rings. The van der Waals surface area contributed by atoms with Crippen LogP contribution in [0.3, 0.4) is 0 Å². The van der Waals surface area contributed by atoms with Gasteiger partial charge in [0.2, 0.25) is 0 Å². The normalized spacial score (nSPS) is 11.4. The highest BCUT2D eigenvalue weighted by Gasteiger charge is 2.16. The average molecular weight is 733 g/mol. The fourth-order valence-corrected chi connectivity index (χ4v) is 8.25. The van der Waals surface area contributed by atoms with Gasteiger partial charge in [-0.1, -0.05) is 117 Å². The first-order valence-electron chi connectivity index (χ1n) is 20.4. The summed E-state index contributed by atoms with van der Waals surface area (Å²) in [4.78, 5) is 0. The molecule has 55 heavy (non-hydrogen) atoms. The molecule has 6 rings (SSSR count). The molecule has 0 saturated carbocycles. The second kappa shape index (κ2) is 17.8. The summed E-state index contributed by atoms with van der Waals surface area (Å²) in [6.45, 7) is 16.5. The minimum Gasteiger partial charge on any atom is -0.207 e. The summed E-state index contributed by atoms with van der Waals surface area (Å²) in [6, 6.07) is 34.1. The van der Waals surface area contributed by atoms with E-state index in [0.29, 0.717) is 0 Å².